The van der Waals surface area contributed by atoms with Crippen molar-refractivity contribution in [2.24, 2.45) is 0 Å². The fourth-order valence-corrected chi connectivity index (χ4v) is 2.30. The average Bonchev–Trinajstić information content (AvgIpc) is 2.44. The second kappa shape index (κ2) is 3.78. The molecular formula is C10H15NOS. The Labute approximate surface area is 82.8 Å². The van der Waals surface area contributed by atoms with Gasteiger partial charge in [-0.2, -0.15) is 0 Å². The van der Waals surface area contributed by atoms with Crippen LogP contribution < -0.4 is 0 Å². The molecule has 3 heteroatoms. The van der Waals surface area contributed by atoms with Crippen molar-refractivity contribution in [2.75, 3.05) is 19.6 Å². The maximum absolute atomic E-state index is 9.83. The monoisotopic (exact) mass is 197 g/mol. The number of hydrogen-bond donors (Lipinski definition) is 1. The minimum atomic E-state index is -0.287. The number of aliphatic hydroxyl groups excluding tert-OH is 1. The molecule has 1 saturated heterocycles. The zero-order valence-corrected chi connectivity index (χ0v) is 8.68. The molecule has 72 valence electrons. The lowest BCUT2D eigenvalue weighted by atomic mass is 10.1. The van der Waals surface area contributed by atoms with E-state index in [1.807, 2.05) is 0 Å². The first-order valence-electron chi connectivity index (χ1n) is 4.71. The van der Waals surface area contributed by atoms with Crippen LogP contribution >= 0.6 is 11.3 Å². The van der Waals surface area contributed by atoms with Crippen LogP contribution in [0.5, 0.6) is 0 Å². The van der Waals surface area contributed by atoms with Gasteiger partial charge in [0.05, 0.1) is 6.10 Å². The Balaban J connectivity index is 1.92. The van der Waals surface area contributed by atoms with Crippen LogP contribution in [0.25, 0.3) is 0 Å². The summed E-state index contributed by atoms with van der Waals surface area (Å²) in [4.78, 5) is 3.56. The normalized spacial score (nSPS) is 19.8. The van der Waals surface area contributed by atoms with Gasteiger partial charge in [0.2, 0.25) is 0 Å². The summed E-state index contributed by atoms with van der Waals surface area (Å²) in [6.07, 6.45) is 1.00. The van der Waals surface area contributed by atoms with Crippen molar-refractivity contribution in [1.82, 2.24) is 4.90 Å². The standard InChI is InChI=1S/C10H15NOS/c1-8-5-9(7-13-8)10(12)6-11-3-2-4-11/h5,7,10,12H,2-4,6H2,1H3. The molecule has 0 saturated carbocycles. The molecule has 0 amide bonds. The summed E-state index contributed by atoms with van der Waals surface area (Å²) in [5, 5.41) is 11.9. The van der Waals surface area contributed by atoms with Crippen LogP contribution in [0.3, 0.4) is 0 Å². The number of β-amino-alcohol motifs (C(OH)–C–C–N with tert-alkyl or cyclic N) is 1. The summed E-state index contributed by atoms with van der Waals surface area (Å²) in [6.45, 7) is 5.18. The van der Waals surface area contributed by atoms with E-state index in [1.165, 1.54) is 11.3 Å². The smallest absolute Gasteiger partial charge is 0.0925 e. The second-order valence-electron chi connectivity index (χ2n) is 3.66. The molecule has 2 nitrogen and oxygen atoms in total. The Bertz CT molecular complexity index is 280. The molecule has 1 aliphatic heterocycles. The first kappa shape index (κ1) is 9.19. The lowest BCUT2D eigenvalue weighted by Gasteiger charge is -2.32. The topological polar surface area (TPSA) is 23.5 Å². The summed E-state index contributed by atoms with van der Waals surface area (Å²) in [7, 11) is 0. The molecule has 1 fully saturated rings. The van der Waals surface area contributed by atoms with Gasteiger partial charge in [-0.1, -0.05) is 0 Å². The predicted molar refractivity (Wildman–Crippen MR) is 55.1 cm³/mol. The summed E-state index contributed by atoms with van der Waals surface area (Å²) >= 11 is 1.71. The van der Waals surface area contributed by atoms with Gasteiger partial charge in [0.1, 0.15) is 0 Å². The van der Waals surface area contributed by atoms with E-state index < -0.39 is 0 Å². The van der Waals surface area contributed by atoms with Gasteiger partial charge in [-0.25, -0.2) is 0 Å². The Morgan fingerprint density at radius 1 is 1.62 bits per heavy atom. The lowest BCUT2D eigenvalue weighted by Crippen LogP contribution is -2.39. The molecule has 1 N–H and O–H groups in total. The third-order valence-electron chi connectivity index (χ3n) is 2.52. The Morgan fingerprint density at radius 3 is 2.85 bits per heavy atom. The van der Waals surface area contributed by atoms with Gasteiger partial charge in [-0.15, -0.1) is 11.3 Å². The highest BCUT2D eigenvalue weighted by molar-refractivity contribution is 7.10. The minimum Gasteiger partial charge on any atom is -0.387 e. The number of hydrogen-bond acceptors (Lipinski definition) is 3. The summed E-state index contributed by atoms with van der Waals surface area (Å²) in [6, 6.07) is 2.08. The third kappa shape index (κ3) is 2.10. The Hall–Kier alpha value is -0.380. The van der Waals surface area contributed by atoms with E-state index in [0.29, 0.717) is 0 Å². The number of aliphatic hydroxyl groups is 1. The van der Waals surface area contributed by atoms with E-state index in [4.69, 9.17) is 0 Å². The van der Waals surface area contributed by atoms with Crippen molar-refractivity contribution in [3.8, 4) is 0 Å². The van der Waals surface area contributed by atoms with Gasteiger partial charge in [0.25, 0.3) is 0 Å². The summed E-state index contributed by atoms with van der Waals surface area (Å²) in [5.41, 5.74) is 1.08. The quantitative estimate of drug-likeness (QED) is 0.798. The van der Waals surface area contributed by atoms with E-state index in [1.54, 1.807) is 11.3 Å². The highest BCUT2D eigenvalue weighted by Crippen LogP contribution is 2.22. The molecule has 1 aliphatic rings. The number of nitrogens with zero attached hydrogens (tertiary/aromatic N) is 1. The summed E-state index contributed by atoms with van der Waals surface area (Å²) < 4.78 is 0. The SMILES string of the molecule is Cc1cc(C(O)CN2CCC2)cs1. The van der Waals surface area contributed by atoms with Gasteiger partial charge >= 0.3 is 0 Å². The fourth-order valence-electron chi connectivity index (χ4n) is 1.55. The number of likely N-dealkylation sites (tertiary alicyclic amines) is 1. The van der Waals surface area contributed by atoms with Crippen molar-refractivity contribution in [3.63, 3.8) is 0 Å². The van der Waals surface area contributed by atoms with Crippen LogP contribution in [0.15, 0.2) is 11.4 Å². The van der Waals surface area contributed by atoms with E-state index in [-0.39, 0.29) is 6.10 Å². The molecule has 0 aromatic carbocycles. The number of aryl methyl sites for hydroxylation is 1. The first-order valence-corrected chi connectivity index (χ1v) is 5.59. The average molecular weight is 197 g/mol. The molecule has 1 aromatic rings. The van der Waals surface area contributed by atoms with E-state index in [2.05, 4.69) is 23.3 Å². The van der Waals surface area contributed by atoms with E-state index in [9.17, 15) is 5.11 Å². The highest BCUT2D eigenvalue weighted by Gasteiger charge is 2.18. The predicted octanol–water partition coefficient (Wildman–Crippen LogP) is 1.80. The summed E-state index contributed by atoms with van der Waals surface area (Å²) in [5.74, 6) is 0. The fraction of sp³-hybridized carbons (Fsp3) is 0.600. The Kier molecular flexibility index (Phi) is 2.67. The van der Waals surface area contributed by atoms with E-state index >= 15 is 0 Å². The molecule has 0 spiro atoms. The van der Waals surface area contributed by atoms with Crippen LogP contribution in [-0.4, -0.2) is 29.6 Å². The van der Waals surface area contributed by atoms with E-state index in [0.717, 1.165) is 25.2 Å². The van der Waals surface area contributed by atoms with Gasteiger partial charge in [0, 0.05) is 11.4 Å². The highest BCUT2D eigenvalue weighted by atomic mass is 32.1. The Morgan fingerprint density at radius 2 is 2.38 bits per heavy atom. The van der Waals surface area contributed by atoms with Crippen LogP contribution in [0, 0.1) is 6.92 Å². The van der Waals surface area contributed by atoms with Crippen LogP contribution in [0.4, 0.5) is 0 Å². The van der Waals surface area contributed by atoms with Crippen LogP contribution in [0.1, 0.15) is 23.0 Å². The van der Waals surface area contributed by atoms with Gasteiger partial charge in [0.15, 0.2) is 0 Å². The number of thiophene rings is 1. The van der Waals surface area contributed by atoms with Crippen molar-refractivity contribution in [2.45, 2.75) is 19.4 Å². The largest absolute Gasteiger partial charge is 0.387 e. The molecule has 0 radical (unpaired) electrons. The molecule has 1 atom stereocenters. The van der Waals surface area contributed by atoms with Crippen molar-refractivity contribution < 1.29 is 5.11 Å². The van der Waals surface area contributed by atoms with Crippen LogP contribution in [-0.2, 0) is 0 Å². The molecule has 1 unspecified atom stereocenters. The zero-order valence-electron chi connectivity index (χ0n) is 7.86. The maximum atomic E-state index is 9.83. The van der Waals surface area contributed by atoms with Crippen LogP contribution in [0.2, 0.25) is 0 Å². The molecule has 0 aliphatic carbocycles. The molecule has 2 heterocycles. The lowest BCUT2D eigenvalue weighted by molar-refractivity contribution is 0.0791. The van der Waals surface area contributed by atoms with Crippen molar-refractivity contribution in [3.05, 3.63) is 21.9 Å². The minimum absolute atomic E-state index is 0.287. The third-order valence-corrected chi connectivity index (χ3v) is 3.40. The molecule has 0 bridgehead atoms. The van der Waals surface area contributed by atoms with Crippen molar-refractivity contribution in [1.29, 1.82) is 0 Å². The molecule has 2 rings (SSSR count). The number of rotatable bonds is 3. The molecule has 13 heavy (non-hydrogen) atoms. The van der Waals surface area contributed by atoms with Crippen molar-refractivity contribution >= 4 is 11.3 Å². The van der Waals surface area contributed by atoms with Gasteiger partial charge in [-0.3, -0.25) is 0 Å². The molecular weight excluding hydrogens is 182 g/mol. The van der Waals surface area contributed by atoms with Gasteiger partial charge in [-0.05, 0) is 43.4 Å². The van der Waals surface area contributed by atoms with Gasteiger partial charge < -0.3 is 10.0 Å². The molecule has 1 aromatic heterocycles. The first-order chi connectivity index (χ1) is 6.25. The maximum Gasteiger partial charge on any atom is 0.0925 e. The zero-order chi connectivity index (χ0) is 9.26. The second-order valence-corrected chi connectivity index (χ2v) is 4.78.